The smallest absolute Gasteiger partial charge is 0.325 e. The Balaban J connectivity index is 1.62. The maximum Gasteiger partial charge on any atom is 0.418 e. The lowest BCUT2D eigenvalue weighted by atomic mass is 10.1. The summed E-state index contributed by atoms with van der Waals surface area (Å²) in [6, 6.07) is 4.78. The number of carbonyl (C=O) groups is 2. The number of rotatable bonds is 5. The van der Waals surface area contributed by atoms with E-state index >= 15 is 0 Å². The van der Waals surface area contributed by atoms with Crippen LogP contribution in [0.1, 0.15) is 24.1 Å². The molecule has 1 heterocycles. The number of benzene rings is 1. The standard InChI is InChI=1S/C16H14F3N3O2S/c17-16(18,19)11-3-1-2-4-12(11)21-13(23)7-10-8-25-15(20-10)22-14(24)9-5-6-9/h1-4,8-9H,5-7H2,(H,21,23)(H,20,22,24). The van der Waals surface area contributed by atoms with E-state index in [0.29, 0.717) is 10.8 Å². The highest BCUT2D eigenvalue weighted by molar-refractivity contribution is 7.13. The fourth-order valence-electron chi connectivity index (χ4n) is 2.20. The van der Waals surface area contributed by atoms with E-state index < -0.39 is 17.6 Å². The van der Waals surface area contributed by atoms with Gasteiger partial charge in [0.25, 0.3) is 0 Å². The van der Waals surface area contributed by atoms with Crippen LogP contribution in [0.25, 0.3) is 0 Å². The van der Waals surface area contributed by atoms with E-state index in [4.69, 9.17) is 0 Å². The van der Waals surface area contributed by atoms with Gasteiger partial charge in [-0.05, 0) is 25.0 Å². The van der Waals surface area contributed by atoms with Crippen molar-refractivity contribution in [2.24, 2.45) is 5.92 Å². The number of anilines is 2. The highest BCUT2D eigenvalue weighted by Gasteiger charge is 2.33. The Hall–Kier alpha value is -2.42. The van der Waals surface area contributed by atoms with E-state index in [1.165, 1.54) is 29.5 Å². The highest BCUT2D eigenvalue weighted by Crippen LogP contribution is 2.34. The predicted octanol–water partition coefficient (Wildman–Crippen LogP) is 3.69. The molecule has 1 aromatic carbocycles. The Kier molecular flexibility index (Phi) is 4.76. The third-order valence-corrected chi connectivity index (χ3v) is 4.38. The van der Waals surface area contributed by atoms with Gasteiger partial charge in [-0.1, -0.05) is 12.1 Å². The maximum atomic E-state index is 12.9. The predicted molar refractivity (Wildman–Crippen MR) is 87.2 cm³/mol. The quantitative estimate of drug-likeness (QED) is 0.844. The summed E-state index contributed by atoms with van der Waals surface area (Å²) < 4.78 is 38.8. The fraction of sp³-hybridized carbons (Fsp3) is 0.312. The first-order chi connectivity index (χ1) is 11.8. The van der Waals surface area contributed by atoms with Crippen molar-refractivity contribution in [2.45, 2.75) is 25.4 Å². The molecule has 0 atom stereocenters. The largest absolute Gasteiger partial charge is 0.418 e. The van der Waals surface area contributed by atoms with Crippen LogP contribution in [0.5, 0.6) is 0 Å². The number of amides is 2. The molecule has 1 aromatic heterocycles. The Morgan fingerprint density at radius 3 is 2.60 bits per heavy atom. The number of alkyl halides is 3. The van der Waals surface area contributed by atoms with Crippen LogP contribution in [0.2, 0.25) is 0 Å². The zero-order valence-electron chi connectivity index (χ0n) is 12.9. The lowest BCUT2D eigenvalue weighted by molar-refractivity contribution is -0.137. The lowest BCUT2D eigenvalue weighted by Crippen LogP contribution is -2.18. The van der Waals surface area contributed by atoms with Crippen LogP contribution in [-0.4, -0.2) is 16.8 Å². The van der Waals surface area contributed by atoms with Gasteiger partial charge in [0.2, 0.25) is 11.8 Å². The van der Waals surface area contributed by atoms with Crippen LogP contribution in [0.3, 0.4) is 0 Å². The molecule has 0 spiro atoms. The minimum atomic E-state index is -4.55. The first kappa shape index (κ1) is 17.4. The molecule has 0 unspecified atom stereocenters. The van der Waals surface area contributed by atoms with Crippen LogP contribution in [0.4, 0.5) is 24.0 Å². The van der Waals surface area contributed by atoms with E-state index in [-0.39, 0.29) is 23.9 Å². The third kappa shape index (κ3) is 4.56. The number of hydrogen-bond acceptors (Lipinski definition) is 4. The first-order valence-corrected chi connectivity index (χ1v) is 8.42. The zero-order chi connectivity index (χ0) is 18.0. The molecule has 3 rings (SSSR count). The monoisotopic (exact) mass is 369 g/mol. The average molecular weight is 369 g/mol. The second-order valence-electron chi connectivity index (χ2n) is 5.68. The van der Waals surface area contributed by atoms with Gasteiger partial charge in [-0.3, -0.25) is 9.59 Å². The molecule has 0 bridgehead atoms. The number of nitrogens with one attached hydrogen (secondary N) is 2. The van der Waals surface area contributed by atoms with E-state index in [1.807, 2.05) is 0 Å². The van der Waals surface area contributed by atoms with E-state index in [0.717, 1.165) is 18.9 Å². The molecule has 1 aliphatic carbocycles. The van der Waals surface area contributed by atoms with Crippen molar-refractivity contribution >= 4 is 34.0 Å². The summed E-state index contributed by atoms with van der Waals surface area (Å²) in [7, 11) is 0. The summed E-state index contributed by atoms with van der Waals surface area (Å²) in [6.45, 7) is 0. The minimum absolute atomic E-state index is 0.0366. The third-order valence-electron chi connectivity index (χ3n) is 3.58. The van der Waals surface area contributed by atoms with Gasteiger partial charge in [0, 0.05) is 11.3 Å². The van der Waals surface area contributed by atoms with Crippen molar-refractivity contribution in [3.8, 4) is 0 Å². The Morgan fingerprint density at radius 1 is 1.20 bits per heavy atom. The second-order valence-corrected chi connectivity index (χ2v) is 6.53. The van der Waals surface area contributed by atoms with Crippen molar-refractivity contribution < 1.29 is 22.8 Å². The molecule has 1 saturated carbocycles. The van der Waals surface area contributed by atoms with E-state index in [2.05, 4.69) is 15.6 Å². The molecule has 132 valence electrons. The SMILES string of the molecule is O=C(Cc1csc(NC(=O)C2CC2)n1)Nc1ccccc1C(F)(F)F. The fourth-order valence-corrected chi connectivity index (χ4v) is 2.91. The summed E-state index contributed by atoms with van der Waals surface area (Å²) in [4.78, 5) is 27.8. The molecule has 0 aliphatic heterocycles. The molecule has 1 fully saturated rings. The van der Waals surface area contributed by atoms with Gasteiger partial charge in [0.1, 0.15) is 0 Å². The average Bonchev–Trinajstić information content (AvgIpc) is 3.29. The summed E-state index contributed by atoms with van der Waals surface area (Å²) in [6.07, 6.45) is -3.00. The molecular formula is C16H14F3N3O2S. The van der Waals surface area contributed by atoms with Gasteiger partial charge >= 0.3 is 6.18 Å². The number of halogens is 3. The van der Waals surface area contributed by atoms with Crippen LogP contribution < -0.4 is 10.6 Å². The number of aromatic nitrogens is 1. The van der Waals surface area contributed by atoms with Gasteiger partial charge in [-0.2, -0.15) is 13.2 Å². The molecule has 2 aromatic rings. The molecule has 2 amide bonds. The summed E-state index contributed by atoms with van der Waals surface area (Å²) >= 11 is 1.18. The number of para-hydroxylation sites is 1. The van der Waals surface area contributed by atoms with E-state index in [1.54, 1.807) is 5.38 Å². The van der Waals surface area contributed by atoms with Crippen molar-refractivity contribution in [3.63, 3.8) is 0 Å². The van der Waals surface area contributed by atoms with Gasteiger partial charge in [-0.25, -0.2) is 4.98 Å². The zero-order valence-corrected chi connectivity index (χ0v) is 13.7. The van der Waals surface area contributed by atoms with Crippen LogP contribution in [0, 0.1) is 5.92 Å². The highest BCUT2D eigenvalue weighted by atomic mass is 32.1. The van der Waals surface area contributed by atoms with Crippen LogP contribution >= 0.6 is 11.3 Å². The van der Waals surface area contributed by atoms with Gasteiger partial charge < -0.3 is 10.6 Å². The van der Waals surface area contributed by atoms with Crippen molar-refractivity contribution in [1.29, 1.82) is 0 Å². The number of hydrogen-bond donors (Lipinski definition) is 2. The summed E-state index contributed by atoms with van der Waals surface area (Å²) in [5.41, 5.74) is -0.811. The van der Waals surface area contributed by atoms with Crippen molar-refractivity contribution in [3.05, 3.63) is 40.9 Å². The molecule has 9 heteroatoms. The Morgan fingerprint density at radius 2 is 1.92 bits per heavy atom. The molecule has 25 heavy (non-hydrogen) atoms. The molecule has 1 aliphatic rings. The van der Waals surface area contributed by atoms with Gasteiger partial charge in [-0.15, -0.1) is 11.3 Å². The van der Waals surface area contributed by atoms with Crippen LogP contribution in [-0.2, 0) is 22.2 Å². The summed E-state index contributed by atoms with van der Waals surface area (Å²) in [5, 5.41) is 6.91. The second kappa shape index (κ2) is 6.83. The molecule has 0 saturated heterocycles. The van der Waals surface area contributed by atoms with Gasteiger partial charge in [0.05, 0.1) is 23.4 Å². The topological polar surface area (TPSA) is 71.1 Å². The number of carbonyl (C=O) groups excluding carboxylic acids is 2. The molecule has 2 N–H and O–H groups in total. The lowest BCUT2D eigenvalue weighted by Gasteiger charge is -2.13. The number of thiazole rings is 1. The van der Waals surface area contributed by atoms with E-state index in [9.17, 15) is 22.8 Å². The molecular weight excluding hydrogens is 355 g/mol. The Bertz CT molecular complexity index is 800. The molecule has 0 radical (unpaired) electrons. The summed E-state index contributed by atoms with van der Waals surface area (Å²) in [5.74, 6) is -0.666. The van der Waals surface area contributed by atoms with Crippen LogP contribution in [0.15, 0.2) is 29.6 Å². The normalized spacial score (nSPS) is 14.2. The van der Waals surface area contributed by atoms with Crippen molar-refractivity contribution in [1.82, 2.24) is 4.98 Å². The first-order valence-electron chi connectivity index (χ1n) is 7.54. The molecule has 5 nitrogen and oxygen atoms in total. The number of nitrogens with zero attached hydrogens (tertiary/aromatic N) is 1. The van der Waals surface area contributed by atoms with Gasteiger partial charge in [0.15, 0.2) is 5.13 Å². The van der Waals surface area contributed by atoms with Crippen molar-refractivity contribution in [2.75, 3.05) is 10.6 Å². The maximum absolute atomic E-state index is 12.9. The minimum Gasteiger partial charge on any atom is -0.325 e. The Labute approximate surface area is 145 Å².